The van der Waals surface area contributed by atoms with Crippen LogP contribution in [0, 0.1) is 0 Å². The molecule has 0 aliphatic rings. The third kappa shape index (κ3) is 11.4. The van der Waals surface area contributed by atoms with Gasteiger partial charge in [-0.3, -0.25) is 13.3 Å². The summed E-state index contributed by atoms with van der Waals surface area (Å²) >= 11 is 0. The van der Waals surface area contributed by atoms with Gasteiger partial charge in [0.15, 0.2) is 0 Å². The summed E-state index contributed by atoms with van der Waals surface area (Å²) in [6.07, 6.45) is 18.4. The molecule has 0 atom stereocenters. The van der Waals surface area contributed by atoms with Crippen LogP contribution in [0.1, 0.15) is 110 Å². The summed E-state index contributed by atoms with van der Waals surface area (Å²) in [6.45, 7) is 1.99. The molecule has 40 heavy (non-hydrogen) atoms. The lowest BCUT2D eigenvalue weighted by atomic mass is 10.0. The van der Waals surface area contributed by atoms with Crippen LogP contribution in [0.5, 0.6) is 0 Å². The summed E-state index contributed by atoms with van der Waals surface area (Å²) < 4.78 is 98.5. The second kappa shape index (κ2) is 16.8. The minimum atomic E-state index is -5.38. The molecule has 0 saturated carbocycles. The monoisotopic (exact) mass is 620 g/mol. The van der Waals surface area contributed by atoms with Crippen molar-refractivity contribution in [1.29, 1.82) is 0 Å². The maximum atomic E-state index is 13.1. The Balaban J connectivity index is 1.82. The Labute approximate surface area is 240 Å². The summed E-state index contributed by atoms with van der Waals surface area (Å²) in [4.78, 5) is -3.68. The third-order valence-corrected chi connectivity index (χ3v) is 10.4. The van der Waals surface area contributed by atoms with Gasteiger partial charge in [-0.25, -0.2) is 0 Å². The average Bonchev–Trinajstić information content (AvgIpc) is 2.88. The molecule has 9 nitrogen and oxygen atoms in total. The highest BCUT2D eigenvalue weighted by Crippen LogP contribution is 2.36. The predicted molar refractivity (Wildman–Crippen MR) is 156 cm³/mol. The Morgan fingerprint density at radius 2 is 1.05 bits per heavy atom. The molecular formula is C28H44O9S3. The van der Waals surface area contributed by atoms with Crippen LogP contribution >= 0.6 is 0 Å². The molecule has 0 aromatic heterocycles. The van der Waals surface area contributed by atoms with Gasteiger partial charge in [0, 0.05) is 5.39 Å². The van der Waals surface area contributed by atoms with Crippen molar-refractivity contribution in [3.05, 3.63) is 30.3 Å². The number of hydrogen-bond acceptors (Lipinski definition) is 7. The molecule has 12 heteroatoms. The van der Waals surface area contributed by atoms with Crippen LogP contribution in [-0.2, 0) is 34.5 Å². The fraction of sp³-hybridized carbons (Fsp3) is 0.643. The zero-order chi connectivity index (χ0) is 29.7. The summed E-state index contributed by atoms with van der Waals surface area (Å²) in [5, 5.41) is -0.124. The molecule has 0 radical (unpaired) electrons. The zero-order valence-electron chi connectivity index (χ0n) is 23.4. The Bertz CT molecular complexity index is 1380. The van der Waals surface area contributed by atoms with Crippen molar-refractivity contribution in [2.45, 2.75) is 124 Å². The first kappa shape index (κ1) is 34.6. The summed E-state index contributed by atoms with van der Waals surface area (Å²) in [6, 6.07) is 6.33. The quantitative estimate of drug-likeness (QED) is 0.0831. The SMILES string of the molecule is CCCCCCCCCCCCCCCCCCOS(=O)(=O)c1c(S(=O)(=O)O)c(S(=O)(=O)O)cc2ccccc12. The van der Waals surface area contributed by atoms with Crippen molar-refractivity contribution in [2.24, 2.45) is 0 Å². The summed E-state index contributed by atoms with van der Waals surface area (Å²) in [7, 11) is -15.4. The molecule has 0 unspecified atom stereocenters. The van der Waals surface area contributed by atoms with E-state index in [0.717, 1.165) is 25.3 Å². The van der Waals surface area contributed by atoms with E-state index in [1.165, 1.54) is 94.9 Å². The van der Waals surface area contributed by atoms with Crippen LogP contribution in [0.15, 0.2) is 45.0 Å². The largest absolute Gasteiger partial charge is 0.299 e. The number of benzene rings is 2. The minimum absolute atomic E-state index is 0.0344. The molecule has 0 saturated heterocycles. The average molecular weight is 621 g/mol. The molecule has 0 spiro atoms. The number of unbranched alkanes of at least 4 members (excludes halogenated alkanes) is 15. The zero-order valence-corrected chi connectivity index (χ0v) is 25.8. The van der Waals surface area contributed by atoms with Gasteiger partial charge in [0.25, 0.3) is 30.4 Å². The van der Waals surface area contributed by atoms with E-state index in [1.807, 2.05) is 0 Å². The van der Waals surface area contributed by atoms with Crippen molar-refractivity contribution in [3.63, 3.8) is 0 Å². The highest BCUT2D eigenvalue weighted by Gasteiger charge is 2.35. The maximum absolute atomic E-state index is 13.1. The minimum Gasteiger partial charge on any atom is -0.282 e. The first-order valence-corrected chi connectivity index (χ1v) is 18.6. The first-order chi connectivity index (χ1) is 18.9. The van der Waals surface area contributed by atoms with E-state index < -0.39 is 45.0 Å². The van der Waals surface area contributed by atoms with Gasteiger partial charge >= 0.3 is 0 Å². The van der Waals surface area contributed by atoms with E-state index >= 15 is 0 Å². The van der Waals surface area contributed by atoms with Crippen molar-refractivity contribution in [3.8, 4) is 0 Å². The lowest BCUT2D eigenvalue weighted by molar-refractivity contribution is 0.305. The Morgan fingerprint density at radius 1 is 0.600 bits per heavy atom. The molecule has 0 heterocycles. The van der Waals surface area contributed by atoms with Gasteiger partial charge in [-0.2, -0.15) is 25.3 Å². The fourth-order valence-electron chi connectivity index (χ4n) is 4.83. The highest BCUT2D eigenvalue weighted by molar-refractivity contribution is 7.91. The lowest BCUT2D eigenvalue weighted by Gasteiger charge is -2.15. The highest BCUT2D eigenvalue weighted by atomic mass is 32.2. The molecule has 0 aliphatic carbocycles. The van der Waals surface area contributed by atoms with Crippen LogP contribution in [0.3, 0.4) is 0 Å². The number of rotatable bonds is 21. The second-order valence-corrected chi connectivity index (χ2v) is 14.6. The van der Waals surface area contributed by atoms with Crippen molar-refractivity contribution in [1.82, 2.24) is 0 Å². The van der Waals surface area contributed by atoms with E-state index in [9.17, 15) is 34.4 Å². The van der Waals surface area contributed by atoms with E-state index in [-0.39, 0.29) is 17.4 Å². The molecule has 0 amide bonds. The first-order valence-electron chi connectivity index (χ1n) is 14.3. The smallest absolute Gasteiger partial charge is 0.282 e. The van der Waals surface area contributed by atoms with Gasteiger partial charge in [0.2, 0.25) is 0 Å². The van der Waals surface area contributed by atoms with Gasteiger partial charge in [-0.15, -0.1) is 0 Å². The molecule has 2 rings (SSSR count). The van der Waals surface area contributed by atoms with E-state index in [4.69, 9.17) is 4.18 Å². The Kier molecular flexibility index (Phi) is 14.5. The van der Waals surface area contributed by atoms with Gasteiger partial charge in [0.05, 0.1) is 6.61 Å². The van der Waals surface area contributed by atoms with Gasteiger partial charge in [0.1, 0.15) is 14.7 Å². The van der Waals surface area contributed by atoms with E-state index in [0.29, 0.717) is 12.8 Å². The van der Waals surface area contributed by atoms with Crippen LogP contribution in [0.25, 0.3) is 10.8 Å². The van der Waals surface area contributed by atoms with Gasteiger partial charge in [-0.05, 0) is 17.9 Å². The van der Waals surface area contributed by atoms with Gasteiger partial charge < -0.3 is 0 Å². The van der Waals surface area contributed by atoms with E-state index in [2.05, 4.69) is 6.92 Å². The topological polar surface area (TPSA) is 152 Å². The molecule has 2 N–H and O–H groups in total. The molecule has 0 aliphatic heterocycles. The molecule has 2 aromatic rings. The summed E-state index contributed by atoms with van der Waals surface area (Å²) in [5.74, 6) is 0. The van der Waals surface area contributed by atoms with Crippen LogP contribution in [0.4, 0.5) is 0 Å². The Morgan fingerprint density at radius 3 is 1.50 bits per heavy atom. The summed E-state index contributed by atoms with van der Waals surface area (Å²) in [5.41, 5.74) is 0. The van der Waals surface area contributed by atoms with Gasteiger partial charge in [-0.1, -0.05) is 128 Å². The lowest BCUT2D eigenvalue weighted by Crippen LogP contribution is -2.17. The van der Waals surface area contributed by atoms with Crippen molar-refractivity contribution >= 4 is 41.1 Å². The second-order valence-electron chi connectivity index (χ2n) is 10.3. The van der Waals surface area contributed by atoms with Crippen LogP contribution < -0.4 is 0 Å². The molecular weight excluding hydrogens is 577 g/mol. The molecule has 0 bridgehead atoms. The third-order valence-electron chi connectivity index (χ3n) is 6.94. The van der Waals surface area contributed by atoms with Crippen molar-refractivity contribution in [2.75, 3.05) is 6.61 Å². The fourth-order valence-corrected chi connectivity index (χ4v) is 8.67. The number of fused-ring (bicyclic) bond motifs is 1. The van der Waals surface area contributed by atoms with Crippen LogP contribution in [0.2, 0.25) is 0 Å². The van der Waals surface area contributed by atoms with E-state index in [1.54, 1.807) is 0 Å². The predicted octanol–water partition coefficient (Wildman–Crippen LogP) is 7.30. The molecule has 228 valence electrons. The normalized spacial score (nSPS) is 12.8. The molecule has 0 fully saturated rings. The maximum Gasteiger partial charge on any atom is 0.299 e. The van der Waals surface area contributed by atoms with Crippen molar-refractivity contribution < 1.29 is 38.5 Å². The standard InChI is InChI=1S/C28H44O9S3/c1-2-3-4-5-6-7-8-9-10-11-12-13-14-15-16-19-22-37-40(35,36)27-25-21-18-17-20-24(25)23-26(38(29,30)31)28(27)39(32,33)34/h17-18,20-21,23H,2-16,19,22H2,1H3,(H,29,30,31)(H,32,33,34). The van der Waals surface area contributed by atoms with Crippen LogP contribution in [-0.4, -0.2) is 41.0 Å². The Hall–Kier alpha value is -1.57. The molecule has 2 aromatic carbocycles. The number of hydrogen-bond donors (Lipinski definition) is 2.